The summed E-state index contributed by atoms with van der Waals surface area (Å²) in [5.74, 6) is -0.0375. The summed E-state index contributed by atoms with van der Waals surface area (Å²) in [5.41, 5.74) is 1.13. The smallest absolute Gasteiger partial charge is 0.210 e. The van der Waals surface area contributed by atoms with E-state index in [-0.39, 0.29) is 11.8 Å². The second kappa shape index (κ2) is 5.25. The van der Waals surface area contributed by atoms with Crippen molar-refractivity contribution in [3.8, 4) is 0 Å². The van der Waals surface area contributed by atoms with E-state index in [1.54, 1.807) is 0 Å². The lowest BCUT2D eigenvalue weighted by atomic mass is 10.1. The quantitative estimate of drug-likeness (QED) is 0.776. The van der Waals surface area contributed by atoms with Crippen molar-refractivity contribution < 1.29 is 8.42 Å². The molecule has 0 aliphatic carbocycles. The molecule has 0 saturated carbocycles. The summed E-state index contributed by atoms with van der Waals surface area (Å²) in [6.07, 6.45) is 0. The minimum Gasteiger partial charge on any atom is -0.309 e. The number of sulfonamides is 1. The summed E-state index contributed by atoms with van der Waals surface area (Å²) in [6, 6.07) is 9.97. The van der Waals surface area contributed by atoms with Gasteiger partial charge in [-0.15, -0.1) is 0 Å². The Morgan fingerprint density at radius 3 is 2.47 bits per heavy atom. The van der Waals surface area contributed by atoms with Gasteiger partial charge in [-0.25, -0.2) is 13.6 Å². The van der Waals surface area contributed by atoms with Gasteiger partial charge in [0.15, 0.2) is 0 Å². The van der Waals surface area contributed by atoms with Crippen molar-refractivity contribution in [2.75, 3.05) is 12.3 Å². The Morgan fingerprint density at radius 2 is 1.93 bits per heavy atom. The lowest BCUT2D eigenvalue weighted by Gasteiger charge is -2.13. The molecular weight excluding hydrogens is 212 g/mol. The summed E-state index contributed by atoms with van der Waals surface area (Å²) in [4.78, 5) is 0. The molecule has 0 aromatic heterocycles. The third kappa shape index (κ3) is 4.92. The highest BCUT2D eigenvalue weighted by molar-refractivity contribution is 7.89. The van der Waals surface area contributed by atoms with Gasteiger partial charge in [-0.05, 0) is 12.5 Å². The average molecular weight is 228 g/mol. The summed E-state index contributed by atoms with van der Waals surface area (Å²) < 4.78 is 21.4. The van der Waals surface area contributed by atoms with Crippen LogP contribution >= 0.6 is 0 Å². The van der Waals surface area contributed by atoms with E-state index in [4.69, 9.17) is 5.14 Å². The van der Waals surface area contributed by atoms with Gasteiger partial charge in [0, 0.05) is 12.6 Å². The first-order valence-electron chi connectivity index (χ1n) is 4.78. The topological polar surface area (TPSA) is 72.2 Å². The molecule has 0 aliphatic heterocycles. The number of benzene rings is 1. The van der Waals surface area contributed by atoms with Crippen LogP contribution in [0.4, 0.5) is 0 Å². The maximum Gasteiger partial charge on any atom is 0.210 e. The van der Waals surface area contributed by atoms with Gasteiger partial charge >= 0.3 is 0 Å². The SMILES string of the molecule is CC(NCCS(N)(=O)=O)c1ccccc1. The molecule has 0 heterocycles. The number of nitrogens with one attached hydrogen (secondary N) is 1. The predicted molar refractivity (Wildman–Crippen MR) is 60.8 cm³/mol. The van der Waals surface area contributed by atoms with Gasteiger partial charge < -0.3 is 5.32 Å². The van der Waals surface area contributed by atoms with Gasteiger partial charge in [0.1, 0.15) is 0 Å². The van der Waals surface area contributed by atoms with Crippen molar-refractivity contribution in [1.82, 2.24) is 5.32 Å². The minimum absolute atomic E-state index is 0.0375. The third-order valence-corrected chi connectivity index (χ3v) is 2.91. The van der Waals surface area contributed by atoms with Gasteiger partial charge in [-0.2, -0.15) is 0 Å². The van der Waals surface area contributed by atoms with Crippen molar-refractivity contribution >= 4 is 10.0 Å². The van der Waals surface area contributed by atoms with E-state index in [0.29, 0.717) is 6.54 Å². The molecule has 1 rings (SSSR count). The zero-order chi connectivity index (χ0) is 11.3. The van der Waals surface area contributed by atoms with Crippen molar-refractivity contribution in [3.05, 3.63) is 35.9 Å². The normalized spacial score (nSPS) is 13.7. The van der Waals surface area contributed by atoms with Gasteiger partial charge in [0.05, 0.1) is 5.75 Å². The number of nitrogens with two attached hydrogens (primary N) is 1. The Hall–Kier alpha value is -0.910. The van der Waals surface area contributed by atoms with Crippen LogP contribution in [0.1, 0.15) is 18.5 Å². The average Bonchev–Trinajstić information content (AvgIpc) is 2.17. The molecule has 0 amide bonds. The molecule has 4 nitrogen and oxygen atoms in total. The Labute approximate surface area is 90.5 Å². The van der Waals surface area contributed by atoms with Gasteiger partial charge in [0.25, 0.3) is 0 Å². The van der Waals surface area contributed by atoms with Gasteiger partial charge in [-0.3, -0.25) is 0 Å². The molecule has 1 aromatic carbocycles. The lowest BCUT2D eigenvalue weighted by Crippen LogP contribution is -2.28. The summed E-state index contributed by atoms with van der Waals surface area (Å²) >= 11 is 0. The Kier molecular flexibility index (Phi) is 4.26. The molecular formula is C10H16N2O2S. The van der Waals surface area contributed by atoms with Crippen LogP contribution in [0.3, 0.4) is 0 Å². The zero-order valence-corrected chi connectivity index (χ0v) is 9.50. The van der Waals surface area contributed by atoms with Crippen LogP contribution in [0, 0.1) is 0 Å². The van der Waals surface area contributed by atoms with Crippen LogP contribution in [-0.4, -0.2) is 20.7 Å². The van der Waals surface area contributed by atoms with Crippen LogP contribution in [0.25, 0.3) is 0 Å². The molecule has 0 spiro atoms. The zero-order valence-electron chi connectivity index (χ0n) is 8.68. The first-order chi connectivity index (χ1) is 6.99. The third-order valence-electron chi connectivity index (χ3n) is 2.14. The Balaban J connectivity index is 2.41. The standard InChI is InChI=1S/C10H16N2O2S/c1-9(10-5-3-2-4-6-10)12-7-8-15(11,13)14/h2-6,9,12H,7-8H2,1H3,(H2,11,13,14). The van der Waals surface area contributed by atoms with Crippen LogP contribution in [0.2, 0.25) is 0 Å². The highest BCUT2D eigenvalue weighted by atomic mass is 32.2. The van der Waals surface area contributed by atoms with Gasteiger partial charge in [-0.1, -0.05) is 30.3 Å². The second-order valence-electron chi connectivity index (χ2n) is 3.45. The fourth-order valence-corrected chi connectivity index (χ4v) is 1.68. The predicted octanol–water partition coefficient (Wildman–Crippen LogP) is 0.626. The van der Waals surface area contributed by atoms with Crippen molar-refractivity contribution in [2.45, 2.75) is 13.0 Å². The minimum atomic E-state index is -3.36. The molecule has 0 fully saturated rings. The molecule has 1 aromatic rings. The number of hydrogen-bond acceptors (Lipinski definition) is 3. The van der Waals surface area contributed by atoms with Crippen LogP contribution in [0.15, 0.2) is 30.3 Å². The molecule has 1 unspecified atom stereocenters. The van der Waals surface area contributed by atoms with E-state index in [1.165, 1.54) is 0 Å². The van der Waals surface area contributed by atoms with E-state index in [0.717, 1.165) is 5.56 Å². The van der Waals surface area contributed by atoms with E-state index in [2.05, 4.69) is 5.32 Å². The largest absolute Gasteiger partial charge is 0.309 e. The highest BCUT2D eigenvalue weighted by Crippen LogP contribution is 2.10. The fraction of sp³-hybridized carbons (Fsp3) is 0.400. The van der Waals surface area contributed by atoms with Crippen LogP contribution < -0.4 is 10.5 Å². The molecule has 0 bridgehead atoms. The summed E-state index contributed by atoms with van der Waals surface area (Å²) in [5, 5.41) is 7.99. The highest BCUT2D eigenvalue weighted by Gasteiger charge is 2.06. The molecule has 84 valence electrons. The fourth-order valence-electron chi connectivity index (χ4n) is 1.28. The monoisotopic (exact) mass is 228 g/mol. The first-order valence-corrected chi connectivity index (χ1v) is 6.49. The molecule has 0 radical (unpaired) electrons. The molecule has 5 heteroatoms. The van der Waals surface area contributed by atoms with E-state index < -0.39 is 10.0 Å². The maximum absolute atomic E-state index is 10.7. The molecule has 0 saturated heterocycles. The molecule has 0 aliphatic rings. The van der Waals surface area contributed by atoms with E-state index >= 15 is 0 Å². The van der Waals surface area contributed by atoms with E-state index in [1.807, 2.05) is 37.3 Å². The first kappa shape index (κ1) is 12.2. The second-order valence-corrected chi connectivity index (χ2v) is 5.19. The van der Waals surface area contributed by atoms with Crippen molar-refractivity contribution in [2.24, 2.45) is 5.14 Å². The van der Waals surface area contributed by atoms with Crippen LogP contribution in [0.5, 0.6) is 0 Å². The number of hydrogen-bond donors (Lipinski definition) is 2. The van der Waals surface area contributed by atoms with E-state index in [9.17, 15) is 8.42 Å². The maximum atomic E-state index is 10.7. The van der Waals surface area contributed by atoms with Crippen LogP contribution in [-0.2, 0) is 10.0 Å². The van der Waals surface area contributed by atoms with Gasteiger partial charge in [0.2, 0.25) is 10.0 Å². The van der Waals surface area contributed by atoms with Crippen molar-refractivity contribution in [1.29, 1.82) is 0 Å². The lowest BCUT2D eigenvalue weighted by molar-refractivity contribution is 0.573. The Morgan fingerprint density at radius 1 is 1.33 bits per heavy atom. The molecule has 15 heavy (non-hydrogen) atoms. The molecule has 1 atom stereocenters. The molecule has 3 N–H and O–H groups in total. The number of primary sulfonamides is 1. The number of rotatable bonds is 5. The summed E-state index contributed by atoms with van der Waals surface area (Å²) in [7, 11) is -3.36. The Bertz CT molecular complexity index is 389. The summed E-state index contributed by atoms with van der Waals surface area (Å²) in [6.45, 7) is 2.35. The van der Waals surface area contributed by atoms with Crippen molar-refractivity contribution in [3.63, 3.8) is 0 Å².